The predicted octanol–water partition coefficient (Wildman–Crippen LogP) is 3.75. The topological polar surface area (TPSA) is 67.4 Å². The SMILES string of the molecule is CCOc1ccccc1NC(=O)CCNC(=O)C12CC3CC(CC(C3)C1)C2. The number of carbonyl (C=O) groups is 2. The van der Waals surface area contributed by atoms with E-state index in [0.717, 1.165) is 37.0 Å². The molecule has 5 rings (SSSR count). The molecule has 0 aliphatic heterocycles. The third-order valence-corrected chi connectivity index (χ3v) is 6.62. The summed E-state index contributed by atoms with van der Waals surface area (Å²) in [5.74, 6) is 3.00. The number of hydrogen-bond donors (Lipinski definition) is 2. The lowest BCUT2D eigenvalue weighted by molar-refractivity contribution is -0.146. The standard InChI is InChI=1S/C22H30N2O3/c1-2-27-19-6-4-3-5-18(19)24-20(25)7-8-23-21(26)22-12-15-9-16(13-22)11-17(10-15)14-22/h3-6,15-17H,2,7-14H2,1H3,(H,23,26)(H,24,25). The van der Waals surface area contributed by atoms with Crippen molar-refractivity contribution in [3.8, 4) is 5.75 Å². The van der Waals surface area contributed by atoms with Crippen molar-refractivity contribution in [1.82, 2.24) is 5.32 Å². The Morgan fingerprint density at radius 3 is 2.33 bits per heavy atom. The number of carbonyl (C=O) groups excluding carboxylic acids is 2. The number of rotatable bonds is 7. The molecule has 4 aliphatic carbocycles. The first kappa shape index (κ1) is 18.3. The normalized spacial score (nSPS) is 30.8. The number of amides is 2. The zero-order valence-electron chi connectivity index (χ0n) is 16.1. The van der Waals surface area contributed by atoms with Crippen molar-refractivity contribution >= 4 is 17.5 Å². The highest BCUT2D eigenvalue weighted by molar-refractivity contribution is 5.92. The second kappa shape index (κ2) is 7.53. The first-order valence-electron chi connectivity index (χ1n) is 10.4. The summed E-state index contributed by atoms with van der Waals surface area (Å²) in [6, 6.07) is 7.42. The number of hydrogen-bond acceptors (Lipinski definition) is 3. The van der Waals surface area contributed by atoms with Gasteiger partial charge in [-0.1, -0.05) is 12.1 Å². The number of ether oxygens (including phenoxy) is 1. The lowest BCUT2D eigenvalue weighted by Crippen LogP contribution is -2.53. The molecular weight excluding hydrogens is 340 g/mol. The lowest BCUT2D eigenvalue weighted by atomic mass is 9.49. The van der Waals surface area contributed by atoms with Gasteiger partial charge in [-0.15, -0.1) is 0 Å². The Kier molecular flexibility index (Phi) is 5.11. The Labute approximate surface area is 161 Å². The van der Waals surface area contributed by atoms with Gasteiger partial charge in [-0.2, -0.15) is 0 Å². The predicted molar refractivity (Wildman–Crippen MR) is 104 cm³/mol. The molecule has 0 saturated heterocycles. The van der Waals surface area contributed by atoms with Crippen LogP contribution < -0.4 is 15.4 Å². The third-order valence-electron chi connectivity index (χ3n) is 6.62. The Bertz CT molecular complexity index is 680. The molecule has 0 atom stereocenters. The van der Waals surface area contributed by atoms with Gasteiger partial charge >= 0.3 is 0 Å². The van der Waals surface area contributed by atoms with Crippen molar-refractivity contribution in [3.05, 3.63) is 24.3 Å². The highest BCUT2D eigenvalue weighted by Crippen LogP contribution is 2.60. The molecule has 0 heterocycles. The minimum Gasteiger partial charge on any atom is -0.492 e. The fourth-order valence-electron chi connectivity index (χ4n) is 5.93. The van der Waals surface area contributed by atoms with Crippen molar-refractivity contribution in [2.75, 3.05) is 18.5 Å². The maximum absolute atomic E-state index is 12.9. The van der Waals surface area contributed by atoms with Gasteiger partial charge in [-0.25, -0.2) is 0 Å². The number of anilines is 1. The molecule has 2 amide bonds. The average Bonchev–Trinajstić information content (AvgIpc) is 2.62. The van der Waals surface area contributed by atoms with Gasteiger partial charge in [-0.05, 0) is 75.3 Å². The summed E-state index contributed by atoms with van der Waals surface area (Å²) in [5.41, 5.74) is 0.532. The molecular formula is C22H30N2O3. The molecule has 146 valence electrons. The van der Waals surface area contributed by atoms with E-state index < -0.39 is 0 Å². The number of benzene rings is 1. The molecule has 0 unspecified atom stereocenters. The molecule has 0 aromatic heterocycles. The van der Waals surface area contributed by atoms with E-state index in [0.29, 0.717) is 24.6 Å². The second-order valence-corrected chi connectivity index (χ2v) is 8.68. The van der Waals surface area contributed by atoms with Gasteiger partial charge in [-0.3, -0.25) is 9.59 Å². The van der Waals surface area contributed by atoms with Gasteiger partial charge in [0.25, 0.3) is 0 Å². The van der Waals surface area contributed by atoms with E-state index in [2.05, 4.69) is 10.6 Å². The van der Waals surface area contributed by atoms with Crippen LogP contribution in [0.4, 0.5) is 5.69 Å². The van der Waals surface area contributed by atoms with Gasteiger partial charge in [0.15, 0.2) is 0 Å². The Morgan fingerprint density at radius 1 is 1.07 bits per heavy atom. The minimum absolute atomic E-state index is 0.104. The van der Waals surface area contributed by atoms with E-state index in [9.17, 15) is 9.59 Å². The Morgan fingerprint density at radius 2 is 1.70 bits per heavy atom. The van der Waals surface area contributed by atoms with Crippen LogP contribution in [0.15, 0.2) is 24.3 Å². The van der Waals surface area contributed by atoms with Crippen LogP contribution in [0.3, 0.4) is 0 Å². The summed E-state index contributed by atoms with van der Waals surface area (Å²) in [5, 5.41) is 5.95. The molecule has 2 N–H and O–H groups in total. The Balaban J connectivity index is 1.27. The van der Waals surface area contributed by atoms with Crippen LogP contribution in [0, 0.1) is 23.2 Å². The summed E-state index contributed by atoms with van der Waals surface area (Å²) in [6.07, 6.45) is 7.42. The van der Waals surface area contributed by atoms with Gasteiger partial charge in [0.1, 0.15) is 5.75 Å². The monoisotopic (exact) mass is 370 g/mol. The summed E-state index contributed by atoms with van der Waals surface area (Å²) < 4.78 is 5.53. The van der Waals surface area contributed by atoms with Gasteiger partial charge in [0.05, 0.1) is 12.3 Å². The first-order chi connectivity index (χ1) is 13.1. The Hall–Kier alpha value is -2.04. The zero-order valence-corrected chi connectivity index (χ0v) is 16.1. The highest BCUT2D eigenvalue weighted by atomic mass is 16.5. The smallest absolute Gasteiger partial charge is 0.226 e. The van der Waals surface area contributed by atoms with Crippen molar-refractivity contribution < 1.29 is 14.3 Å². The van der Waals surface area contributed by atoms with Crippen molar-refractivity contribution in [2.24, 2.45) is 23.2 Å². The van der Waals surface area contributed by atoms with Crippen LogP contribution in [0.5, 0.6) is 5.75 Å². The van der Waals surface area contributed by atoms with Crippen LogP contribution >= 0.6 is 0 Å². The van der Waals surface area contributed by atoms with E-state index in [4.69, 9.17) is 4.74 Å². The van der Waals surface area contributed by atoms with Crippen molar-refractivity contribution in [1.29, 1.82) is 0 Å². The first-order valence-corrected chi connectivity index (χ1v) is 10.4. The molecule has 1 aromatic rings. The summed E-state index contributed by atoms with van der Waals surface area (Å²) in [4.78, 5) is 25.2. The molecule has 0 radical (unpaired) electrons. The van der Waals surface area contributed by atoms with Crippen LogP contribution in [-0.4, -0.2) is 25.0 Å². The lowest BCUT2D eigenvalue weighted by Gasteiger charge is -2.55. The molecule has 0 spiro atoms. The van der Waals surface area contributed by atoms with E-state index in [1.807, 2.05) is 31.2 Å². The minimum atomic E-state index is -0.146. The highest BCUT2D eigenvalue weighted by Gasteiger charge is 2.54. The fourth-order valence-corrected chi connectivity index (χ4v) is 5.93. The fraction of sp³-hybridized carbons (Fsp3) is 0.636. The molecule has 4 saturated carbocycles. The van der Waals surface area contributed by atoms with E-state index in [-0.39, 0.29) is 23.7 Å². The van der Waals surface area contributed by atoms with Gasteiger partial charge < -0.3 is 15.4 Å². The van der Waals surface area contributed by atoms with E-state index >= 15 is 0 Å². The van der Waals surface area contributed by atoms with Gasteiger partial charge in [0, 0.05) is 18.4 Å². The summed E-state index contributed by atoms with van der Waals surface area (Å²) in [7, 11) is 0. The maximum Gasteiger partial charge on any atom is 0.226 e. The van der Waals surface area contributed by atoms with Crippen LogP contribution in [-0.2, 0) is 9.59 Å². The van der Waals surface area contributed by atoms with Crippen molar-refractivity contribution in [3.63, 3.8) is 0 Å². The molecule has 5 nitrogen and oxygen atoms in total. The quantitative estimate of drug-likeness (QED) is 0.768. The molecule has 5 heteroatoms. The summed E-state index contributed by atoms with van der Waals surface area (Å²) >= 11 is 0. The van der Waals surface area contributed by atoms with Crippen LogP contribution in [0.1, 0.15) is 51.9 Å². The average molecular weight is 370 g/mol. The largest absolute Gasteiger partial charge is 0.492 e. The van der Waals surface area contributed by atoms with Crippen molar-refractivity contribution in [2.45, 2.75) is 51.9 Å². The molecule has 1 aromatic carbocycles. The number of nitrogens with one attached hydrogen (secondary N) is 2. The summed E-state index contributed by atoms with van der Waals surface area (Å²) in [6.45, 7) is 2.86. The van der Waals surface area contributed by atoms with Crippen LogP contribution in [0.2, 0.25) is 0 Å². The zero-order chi connectivity index (χ0) is 18.9. The van der Waals surface area contributed by atoms with Gasteiger partial charge in [0.2, 0.25) is 11.8 Å². The van der Waals surface area contributed by atoms with Crippen LogP contribution in [0.25, 0.3) is 0 Å². The third kappa shape index (κ3) is 3.83. The molecule has 4 aliphatic rings. The molecule has 4 fully saturated rings. The number of para-hydroxylation sites is 2. The molecule has 4 bridgehead atoms. The van der Waals surface area contributed by atoms with E-state index in [1.165, 1.54) is 19.3 Å². The maximum atomic E-state index is 12.9. The van der Waals surface area contributed by atoms with E-state index in [1.54, 1.807) is 0 Å². The second-order valence-electron chi connectivity index (χ2n) is 8.68. The molecule has 27 heavy (non-hydrogen) atoms.